The van der Waals surface area contributed by atoms with Crippen LogP contribution in [0.1, 0.15) is 50.2 Å². The Labute approximate surface area is 276 Å². The Balaban J connectivity index is 1.20. The first-order valence-electron chi connectivity index (χ1n) is 15.0. The maximum Gasteiger partial charge on any atom is 0.253 e. The lowest BCUT2D eigenvalue weighted by Gasteiger charge is -2.22. The molecule has 0 spiro atoms. The van der Waals surface area contributed by atoms with Crippen LogP contribution in [-0.2, 0) is 24.3 Å². The molecule has 2 aromatic heterocycles. The van der Waals surface area contributed by atoms with E-state index in [-0.39, 0.29) is 30.2 Å². The van der Waals surface area contributed by atoms with E-state index in [9.17, 15) is 9.59 Å². The third kappa shape index (κ3) is 7.38. The van der Waals surface area contributed by atoms with E-state index in [1.54, 1.807) is 29.5 Å². The van der Waals surface area contributed by atoms with Gasteiger partial charge in [0, 0.05) is 18.5 Å². The number of amides is 2. The Morgan fingerprint density at radius 2 is 1.83 bits per heavy atom. The van der Waals surface area contributed by atoms with Gasteiger partial charge in [0.05, 0.1) is 36.0 Å². The van der Waals surface area contributed by atoms with Crippen LogP contribution in [0.2, 0.25) is 0 Å². The predicted molar refractivity (Wildman–Crippen MR) is 181 cm³/mol. The van der Waals surface area contributed by atoms with Crippen LogP contribution >= 0.6 is 23.1 Å². The number of benzene rings is 3. The molecule has 0 fully saturated rings. The minimum Gasteiger partial charge on any atom is -0.497 e. The second-order valence-corrected chi connectivity index (χ2v) is 12.8. The summed E-state index contributed by atoms with van der Waals surface area (Å²) in [6.45, 7) is 2.77. The third-order valence-electron chi connectivity index (χ3n) is 7.74. The lowest BCUT2D eigenvalue weighted by molar-refractivity contribution is -0.130. The molecule has 0 saturated heterocycles. The second-order valence-electron chi connectivity index (χ2n) is 10.9. The number of nitrogens with one attached hydrogen (secondary N) is 1. The summed E-state index contributed by atoms with van der Waals surface area (Å²) in [4.78, 5) is 27.7. The van der Waals surface area contributed by atoms with Gasteiger partial charge in [-0.1, -0.05) is 78.0 Å². The molecule has 9 nitrogen and oxygen atoms in total. The lowest BCUT2D eigenvalue weighted by atomic mass is 10.0. The molecule has 1 atom stereocenters. The van der Waals surface area contributed by atoms with Gasteiger partial charge in [-0.3, -0.25) is 9.59 Å². The zero-order valence-corrected chi connectivity index (χ0v) is 27.3. The Morgan fingerprint density at radius 1 is 1.00 bits per heavy atom. The molecule has 0 radical (unpaired) electrons. The first-order valence-corrected chi connectivity index (χ1v) is 16.9. The van der Waals surface area contributed by atoms with E-state index in [0.29, 0.717) is 29.5 Å². The van der Waals surface area contributed by atoms with Crippen molar-refractivity contribution in [3.8, 4) is 5.75 Å². The fourth-order valence-corrected chi connectivity index (χ4v) is 6.88. The molecule has 6 rings (SSSR count). The van der Waals surface area contributed by atoms with E-state index in [4.69, 9.17) is 9.84 Å². The molecule has 1 N–H and O–H groups in total. The third-order valence-corrected chi connectivity index (χ3v) is 9.61. The van der Waals surface area contributed by atoms with Gasteiger partial charge in [-0.2, -0.15) is 5.10 Å². The van der Waals surface area contributed by atoms with Crippen LogP contribution in [-0.4, -0.2) is 50.2 Å². The van der Waals surface area contributed by atoms with Crippen LogP contribution in [0.4, 0.5) is 0 Å². The highest BCUT2D eigenvalue weighted by molar-refractivity contribution is 7.99. The van der Waals surface area contributed by atoms with E-state index in [0.717, 1.165) is 33.9 Å². The second kappa shape index (κ2) is 14.6. The highest BCUT2D eigenvalue weighted by Crippen LogP contribution is 2.35. The van der Waals surface area contributed by atoms with Gasteiger partial charge in [0.15, 0.2) is 11.0 Å². The summed E-state index contributed by atoms with van der Waals surface area (Å²) in [7, 11) is 1.64. The van der Waals surface area contributed by atoms with Crippen molar-refractivity contribution >= 4 is 40.6 Å². The number of ether oxygens (including phenoxy) is 1. The molecule has 5 aromatic rings. The molecule has 1 aliphatic rings. The number of hydrogen-bond acceptors (Lipinski definition) is 8. The molecular weight excluding hydrogens is 617 g/mol. The van der Waals surface area contributed by atoms with Crippen molar-refractivity contribution in [1.29, 1.82) is 0 Å². The first kappa shape index (κ1) is 31.3. The summed E-state index contributed by atoms with van der Waals surface area (Å²) in [5.74, 6) is 1.22. The molecule has 0 unspecified atom stereocenters. The smallest absolute Gasteiger partial charge is 0.253 e. The molecule has 3 heterocycles. The molecule has 46 heavy (non-hydrogen) atoms. The number of carbonyl (C=O) groups is 2. The number of aromatic nitrogens is 3. The van der Waals surface area contributed by atoms with Crippen LogP contribution in [0.25, 0.3) is 0 Å². The Kier molecular flexibility index (Phi) is 9.90. The van der Waals surface area contributed by atoms with Gasteiger partial charge in [-0.25, -0.2) is 5.01 Å². The standard InChI is InChI=1S/C35H34N6O3S2/c1-24-8-6-11-27(20-24)34(43)36-22-32-37-38-35(40(32)18-17-25-9-4-3-5-10-25)46-23-33(42)41-30(26-13-15-28(44-2)16-14-26)21-29(39-41)31-12-7-19-45-31/h3-16,19-20,30H,17-18,21-23H2,1-2H3,(H,36,43)/t30-/m1/s1. The summed E-state index contributed by atoms with van der Waals surface area (Å²) in [5, 5.41) is 20.9. The summed E-state index contributed by atoms with van der Waals surface area (Å²) < 4.78 is 7.34. The quantitative estimate of drug-likeness (QED) is 0.159. The maximum atomic E-state index is 13.8. The van der Waals surface area contributed by atoms with Crippen molar-refractivity contribution in [2.24, 2.45) is 5.10 Å². The topological polar surface area (TPSA) is 102 Å². The van der Waals surface area contributed by atoms with Crippen molar-refractivity contribution in [3.63, 3.8) is 0 Å². The summed E-state index contributed by atoms with van der Waals surface area (Å²) in [6.07, 6.45) is 1.38. The van der Waals surface area contributed by atoms with Crippen LogP contribution in [0.5, 0.6) is 5.75 Å². The molecule has 11 heteroatoms. The van der Waals surface area contributed by atoms with E-state index < -0.39 is 0 Å². The molecule has 2 amide bonds. The van der Waals surface area contributed by atoms with Crippen molar-refractivity contribution < 1.29 is 14.3 Å². The summed E-state index contributed by atoms with van der Waals surface area (Å²) in [6, 6.07) is 29.2. The number of aryl methyl sites for hydroxylation is 2. The molecular formula is C35H34N6O3S2. The van der Waals surface area contributed by atoms with E-state index in [2.05, 4.69) is 27.6 Å². The lowest BCUT2D eigenvalue weighted by Crippen LogP contribution is -2.28. The van der Waals surface area contributed by atoms with Crippen molar-refractivity contribution in [2.45, 2.75) is 44.1 Å². The minimum atomic E-state index is -0.223. The number of hydrazone groups is 1. The van der Waals surface area contributed by atoms with Crippen molar-refractivity contribution in [2.75, 3.05) is 12.9 Å². The van der Waals surface area contributed by atoms with Gasteiger partial charge >= 0.3 is 0 Å². The van der Waals surface area contributed by atoms with Gasteiger partial charge < -0.3 is 14.6 Å². The summed E-state index contributed by atoms with van der Waals surface area (Å²) >= 11 is 2.95. The normalized spacial score (nSPS) is 14.3. The van der Waals surface area contributed by atoms with Crippen LogP contribution < -0.4 is 10.1 Å². The van der Waals surface area contributed by atoms with Gasteiger partial charge in [-0.05, 0) is 60.2 Å². The molecule has 0 saturated carbocycles. The van der Waals surface area contributed by atoms with Crippen LogP contribution in [0.3, 0.4) is 0 Å². The monoisotopic (exact) mass is 650 g/mol. The number of rotatable bonds is 12. The van der Waals surface area contributed by atoms with E-state index >= 15 is 0 Å². The fraction of sp³-hybridized carbons (Fsp3) is 0.229. The number of carbonyl (C=O) groups excluding carboxylic acids is 2. The van der Waals surface area contributed by atoms with E-state index in [1.165, 1.54) is 17.3 Å². The van der Waals surface area contributed by atoms with Crippen molar-refractivity contribution in [1.82, 2.24) is 25.1 Å². The summed E-state index contributed by atoms with van der Waals surface area (Å²) in [5.41, 5.74) is 4.67. The number of thioether (sulfide) groups is 1. The highest BCUT2D eigenvalue weighted by atomic mass is 32.2. The maximum absolute atomic E-state index is 13.8. The van der Waals surface area contributed by atoms with Crippen molar-refractivity contribution in [3.05, 3.63) is 129 Å². The van der Waals surface area contributed by atoms with Gasteiger partial charge in [0.2, 0.25) is 0 Å². The number of hydrogen-bond donors (Lipinski definition) is 1. The highest BCUT2D eigenvalue weighted by Gasteiger charge is 2.33. The van der Waals surface area contributed by atoms with E-state index in [1.807, 2.05) is 89.7 Å². The van der Waals surface area contributed by atoms with Gasteiger partial charge in [0.25, 0.3) is 11.8 Å². The molecule has 234 valence electrons. The van der Waals surface area contributed by atoms with Gasteiger partial charge in [0.1, 0.15) is 5.75 Å². The fourth-order valence-electron chi connectivity index (χ4n) is 5.32. The zero-order valence-electron chi connectivity index (χ0n) is 25.6. The number of methoxy groups -OCH3 is 1. The first-order chi connectivity index (χ1) is 22.5. The average molecular weight is 651 g/mol. The zero-order chi connectivity index (χ0) is 31.9. The number of nitrogens with zero attached hydrogens (tertiary/aromatic N) is 5. The van der Waals surface area contributed by atoms with Gasteiger partial charge in [-0.15, -0.1) is 21.5 Å². The van der Waals surface area contributed by atoms with Crippen LogP contribution in [0.15, 0.2) is 107 Å². The number of thiophene rings is 1. The Hall–Kier alpha value is -4.74. The molecule has 0 bridgehead atoms. The minimum absolute atomic E-state index is 0.121. The largest absolute Gasteiger partial charge is 0.497 e. The SMILES string of the molecule is COc1ccc([C@H]2CC(c3cccs3)=NN2C(=O)CSc2nnc(CNC(=O)c3cccc(C)c3)n2CCc2ccccc2)cc1. The average Bonchev–Trinajstić information content (AvgIpc) is 3.86. The molecule has 0 aliphatic carbocycles. The molecule has 3 aromatic carbocycles. The molecule has 1 aliphatic heterocycles. The Bertz CT molecular complexity index is 1820. The predicted octanol–water partition coefficient (Wildman–Crippen LogP) is 6.30. The Morgan fingerprint density at radius 3 is 2.57 bits per heavy atom. The van der Waals surface area contributed by atoms with Crippen LogP contribution in [0, 0.1) is 6.92 Å².